The maximum atomic E-state index is 12.4. The fraction of sp³-hybridized carbons (Fsp3) is 0.833. The van der Waals surface area contributed by atoms with Crippen LogP contribution in [0.5, 0.6) is 0 Å². The molecule has 0 aromatic carbocycles. The second kappa shape index (κ2) is 4.84. The molecule has 0 bridgehead atoms. The molecule has 1 saturated heterocycles. The molecular weight excluding hydrogens is 293 g/mol. The third-order valence-electron chi connectivity index (χ3n) is 3.64. The Morgan fingerprint density at radius 2 is 1.48 bits per heavy atom. The summed E-state index contributed by atoms with van der Waals surface area (Å²) in [5.74, 6) is -3.86. The van der Waals surface area contributed by atoms with E-state index in [0.29, 0.717) is 0 Å². The van der Waals surface area contributed by atoms with E-state index in [9.17, 15) is 33.1 Å². The van der Waals surface area contributed by atoms with Gasteiger partial charge in [-0.15, -0.1) is 0 Å². The molecule has 3 N–H and O–H groups in total. The van der Waals surface area contributed by atoms with E-state index in [2.05, 4.69) is 0 Å². The lowest BCUT2D eigenvalue weighted by Crippen LogP contribution is -2.71. The van der Waals surface area contributed by atoms with Crippen LogP contribution < -0.4 is 5.32 Å². The maximum Gasteiger partial charge on any atom is 0.471 e. The molecular formula is C12H19F3N2O4. The van der Waals surface area contributed by atoms with Gasteiger partial charge in [0.25, 0.3) is 0 Å². The molecule has 21 heavy (non-hydrogen) atoms. The highest BCUT2D eigenvalue weighted by Crippen LogP contribution is 2.42. The molecule has 9 heteroatoms. The van der Waals surface area contributed by atoms with Gasteiger partial charge in [0.1, 0.15) is 5.54 Å². The summed E-state index contributed by atoms with van der Waals surface area (Å²) >= 11 is 0. The minimum atomic E-state index is -5.17. The quantitative estimate of drug-likeness (QED) is 0.719. The van der Waals surface area contributed by atoms with Crippen LogP contribution in [-0.4, -0.2) is 50.0 Å². The average Bonchev–Trinajstić information content (AvgIpc) is 2.23. The molecule has 1 amide bonds. The lowest BCUT2D eigenvalue weighted by molar-refractivity contribution is -0.257. The van der Waals surface area contributed by atoms with Gasteiger partial charge in [-0.3, -0.25) is 4.79 Å². The molecule has 0 spiro atoms. The number of halogens is 3. The van der Waals surface area contributed by atoms with Crippen molar-refractivity contribution in [3.8, 4) is 0 Å². The number of carboxylic acids is 1. The molecule has 0 radical (unpaired) electrons. The molecule has 1 aliphatic rings. The molecule has 0 aliphatic carbocycles. The normalized spacial score (nSPS) is 24.4. The second-order valence-electron chi connectivity index (χ2n) is 6.63. The monoisotopic (exact) mass is 312 g/mol. The first kappa shape index (κ1) is 17.7. The van der Waals surface area contributed by atoms with Gasteiger partial charge in [-0.2, -0.15) is 18.2 Å². The number of hydroxylamine groups is 2. The fourth-order valence-corrected chi connectivity index (χ4v) is 3.09. The maximum absolute atomic E-state index is 12.4. The van der Waals surface area contributed by atoms with E-state index >= 15 is 0 Å². The van der Waals surface area contributed by atoms with E-state index in [1.54, 1.807) is 5.32 Å². The summed E-state index contributed by atoms with van der Waals surface area (Å²) in [6.45, 7) is 5.97. The van der Waals surface area contributed by atoms with Crippen LogP contribution in [0.1, 0.15) is 40.5 Å². The Hall–Kier alpha value is -1.35. The second-order valence-corrected chi connectivity index (χ2v) is 6.63. The van der Waals surface area contributed by atoms with Crippen LogP contribution in [0.4, 0.5) is 13.2 Å². The number of carbonyl (C=O) groups excluding carboxylic acids is 1. The summed E-state index contributed by atoms with van der Waals surface area (Å²) in [5.41, 5.74) is -4.35. The van der Waals surface area contributed by atoms with Crippen LogP contribution in [0.3, 0.4) is 0 Å². The number of piperidine rings is 1. The zero-order chi connectivity index (χ0) is 16.9. The van der Waals surface area contributed by atoms with Crippen molar-refractivity contribution < 1.29 is 33.1 Å². The summed E-state index contributed by atoms with van der Waals surface area (Å²) in [6, 6.07) is 0. The lowest BCUT2D eigenvalue weighted by atomic mass is 9.70. The zero-order valence-corrected chi connectivity index (χ0v) is 12.2. The van der Waals surface area contributed by atoms with Gasteiger partial charge < -0.3 is 15.6 Å². The average molecular weight is 312 g/mol. The first-order valence-corrected chi connectivity index (χ1v) is 6.26. The summed E-state index contributed by atoms with van der Waals surface area (Å²) in [6.07, 6.45) is -5.90. The van der Waals surface area contributed by atoms with Gasteiger partial charge in [0.15, 0.2) is 0 Å². The van der Waals surface area contributed by atoms with Crippen LogP contribution in [-0.2, 0) is 9.59 Å². The minimum absolute atomic E-state index is 0.364. The Bertz CT molecular complexity index is 442. The molecule has 0 aromatic rings. The smallest absolute Gasteiger partial charge is 0.471 e. The number of carboxylic acid groups (broad SMARTS) is 1. The Morgan fingerprint density at radius 1 is 1.10 bits per heavy atom. The molecule has 0 aromatic heterocycles. The zero-order valence-electron chi connectivity index (χ0n) is 12.2. The van der Waals surface area contributed by atoms with Gasteiger partial charge in [0.2, 0.25) is 0 Å². The molecule has 0 atom stereocenters. The third kappa shape index (κ3) is 3.29. The van der Waals surface area contributed by atoms with Crippen molar-refractivity contribution in [2.24, 2.45) is 0 Å². The molecule has 122 valence electrons. The molecule has 1 fully saturated rings. The summed E-state index contributed by atoms with van der Waals surface area (Å²) in [5, 5.41) is 22.0. The predicted molar refractivity (Wildman–Crippen MR) is 65.6 cm³/mol. The van der Waals surface area contributed by atoms with E-state index in [1.807, 2.05) is 0 Å². The number of amides is 1. The van der Waals surface area contributed by atoms with Gasteiger partial charge in [-0.05, 0) is 27.7 Å². The van der Waals surface area contributed by atoms with Crippen molar-refractivity contribution in [3.05, 3.63) is 0 Å². The van der Waals surface area contributed by atoms with Crippen molar-refractivity contribution in [1.29, 1.82) is 0 Å². The first-order valence-electron chi connectivity index (χ1n) is 6.26. The minimum Gasteiger partial charge on any atom is -0.480 e. The topological polar surface area (TPSA) is 89.9 Å². The van der Waals surface area contributed by atoms with Crippen molar-refractivity contribution in [3.63, 3.8) is 0 Å². The number of alkyl halides is 3. The van der Waals surface area contributed by atoms with Gasteiger partial charge in [-0.1, -0.05) is 0 Å². The van der Waals surface area contributed by atoms with Crippen LogP contribution >= 0.6 is 0 Å². The van der Waals surface area contributed by atoms with Crippen LogP contribution in [0.25, 0.3) is 0 Å². The van der Waals surface area contributed by atoms with Crippen LogP contribution in [0, 0.1) is 0 Å². The van der Waals surface area contributed by atoms with Crippen molar-refractivity contribution in [2.45, 2.75) is 63.3 Å². The van der Waals surface area contributed by atoms with E-state index in [4.69, 9.17) is 0 Å². The highest BCUT2D eigenvalue weighted by atomic mass is 19.4. The van der Waals surface area contributed by atoms with Gasteiger partial charge in [-0.25, -0.2) is 4.79 Å². The van der Waals surface area contributed by atoms with Gasteiger partial charge in [0.05, 0.1) is 0 Å². The molecule has 1 aliphatic heterocycles. The van der Waals surface area contributed by atoms with Crippen molar-refractivity contribution in [1.82, 2.24) is 10.4 Å². The number of aliphatic carboxylic acids is 1. The number of nitrogens with one attached hydrogen (secondary N) is 1. The van der Waals surface area contributed by atoms with E-state index in [1.165, 1.54) is 27.7 Å². The Morgan fingerprint density at radius 3 is 1.76 bits per heavy atom. The van der Waals surface area contributed by atoms with Gasteiger partial charge in [0, 0.05) is 23.9 Å². The molecule has 1 rings (SSSR count). The van der Waals surface area contributed by atoms with Crippen LogP contribution in [0.2, 0.25) is 0 Å². The number of hydrogen-bond donors (Lipinski definition) is 3. The van der Waals surface area contributed by atoms with Crippen LogP contribution in [0.15, 0.2) is 0 Å². The molecule has 0 unspecified atom stereocenters. The predicted octanol–water partition coefficient (Wildman–Crippen LogP) is 1.53. The third-order valence-corrected chi connectivity index (χ3v) is 3.64. The Balaban J connectivity index is 3.24. The van der Waals surface area contributed by atoms with Crippen molar-refractivity contribution in [2.75, 3.05) is 0 Å². The molecule has 6 nitrogen and oxygen atoms in total. The number of carbonyl (C=O) groups is 2. The summed E-state index contributed by atoms with van der Waals surface area (Å²) < 4.78 is 37.3. The summed E-state index contributed by atoms with van der Waals surface area (Å²) in [7, 11) is 0. The van der Waals surface area contributed by atoms with Crippen molar-refractivity contribution >= 4 is 11.9 Å². The van der Waals surface area contributed by atoms with E-state index < -0.39 is 34.7 Å². The fourth-order valence-electron chi connectivity index (χ4n) is 3.09. The lowest BCUT2D eigenvalue weighted by Gasteiger charge is -2.54. The number of nitrogens with zero attached hydrogens (tertiary/aromatic N) is 1. The molecule has 1 heterocycles. The Labute approximate surface area is 119 Å². The highest BCUT2D eigenvalue weighted by molar-refractivity contribution is 5.90. The standard InChI is InChI=1S/C12H19F3N2O4/c1-9(2)5-11(8(19)20,6-10(3,4)17(9)21)16-7(18)12(13,14)15/h21H,5-6H2,1-4H3,(H,16,18)(H,19,20). The van der Waals surface area contributed by atoms with E-state index in [-0.39, 0.29) is 12.8 Å². The number of rotatable bonds is 2. The van der Waals surface area contributed by atoms with E-state index in [0.717, 1.165) is 5.06 Å². The molecule has 0 saturated carbocycles. The number of hydrogen-bond acceptors (Lipinski definition) is 4. The SMILES string of the molecule is CC1(C)CC(NC(=O)C(F)(F)F)(C(=O)O)CC(C)(C)N1O. The highest BCUT2D eigenvalue weighted by Gasteiger charge is 2.58. The Kier molecular flexibility index (Phi) is 4.08. The first-order chi connectivity index (χ1) is 9.14. The largest absolute Gasteiger partial charge is 0.480 e. The van der Waals surface area contributed by atoms with Gasteiger partial charge >= 0.3 is 18.1 Å². The summed E-state index contributed by atoms with van der Waals surface area (Å²) in [4.78, 5) is 22.7.